The van der Waals surface area contributed by atoms with Gasteiger partial charge in [-0.15, -0.1) is 13.2 Å². The normalized spacial score (nSPS) is 16.3. The van der Waals surface area contributed by atoms with E-state index in [2.05, 4.69) is 30.9 Å². The van der Waals surface area contributed by atoms with Crippen molar-refractivity contribution in [2.45, 2.75) is 12.4 Å². The molecule has 0 saturated carbocycles. The zero-order valence-corrected chi connectivity index (χ0v) is 17.6. The van der Waals surface area contributed by atoms with E-state index in [0.717, 1.165) is 41.8 Å². The number of methoxy groups -OCH3 is 2. The molecule has 29 heavy (non-hydrogen) atoms. The molecule has 3 rings (SSSR count). The third-order valence-electron chi connectivity index (χ3n) is 4.74. The summed E-state index contributed by atoms with van der Waals surface area (Å²) in [7, 11) is 3.17. The molecule has 2 aromatic rings. The van der Waals surface area contributed by atoms with Crippen LogP contribution >= 0.6 is 15.9 Å². The Labute approximate surface area is 175 Å². The largest absolute Gasteiger partial charge is 0.573 e. The van der Waals surface area contributed by atoms with Crippen LogP contribution in [0, 0.1) is 0 Å². The van der Waals surface area contributed by atoms with Gasteiger partial charge in [-0.3, -0.25) is 4.90 Å². The Morgan fingerprint density at radius 1 is 1.00 bits per heavy atom. The maximum absolute atomic E-state index is 12.5. The molecule has 9 heteroatoms. The van der Waals surface area contributed by atoms with Crippen molar-refractivity contribution in [2.75, 3.05) is 40.4 Å². The number of hydrogen-bond donors (Lipinski definition) is 1. The van der Waals surface area contributed by atoms with Crippen LogP contribution in [0.25, 0.3) is 0 Å². The fourth-order valence-corrected chi connectivity index (χ4v) is 3.96. The first-order valence-electron chi connectivity index (χ1n) is 9.04. The molecule has 1 atom stereocenters. The predicted molar refractivity (Wildman–Crippen MR) is 107 cm³/mol. The van der Waals surface area contributed by atoms with Crippen molar-refractivity contribution in [3.05, 3.63) is 52.0 Å². The van der Waals surface area contributed by atoms with E-state index in [4.69, 9.17) is 9.47 Å². The van der Waals surface area contributed by atoms with Crippen molar-refractivity contribution < 1.29 is 27.4 Å². The van der Waals surface area contributed by atoms with Gasteiger partial charge < -0.3 is 19.5 Å². The Morgan fingerprint density at radius 3 is 2.17 bits per heavy atom. The van der Waals surface area contributed by atoms with Gasteiger partial charge in [-0.05, 0) is 45.8 Å². The Hall–Kier alpha value is -1.97. The highest BCUT2D eigenvalue weighted by atomic mass is 79.9. The van der Waals surface area contributed by atoms with Crippen LogP contribution in [0.3, 0.4) is 0 Å². The number of hydrogen-bond acceptors (Lipinski definition) is 5. The van der Waals surface area contributed by atoms with E-state index in [9.17, 15) is 13.2 Å². The minimum Gasteiger partial charge on any atom is -0.496 e. The summed E-state index contributed by atoms with van der Waals surface area (Å²) >= 11 is 3.47. The van der Waals surface area contributed by atoms with E-state index in [1.165, 1.54) is 12.1 Å². The van der Waals surface area contributed by atoms with E-state index in [1.54, 1.807) is 26.4 Å². The van der Waals surface area contributed by atoms with Crippen LogP contribution in [0.1, 0.15) is 17.2 Å². The van der Waals surface area contributed by atoms with Crippen molar-refractivity contribution in [3.8, 4) is 17.2 Å². The van der Waals surface area contributed by atoms with Crippen LogP contribution in [0.4, 0.5) is 13.2 Å². The third-order valence-corrected chi connectivity index (χ3v) is 5.36. The Balaban J connectivity index is 2.04. The SMILES string of the molecule is COc1cc([C@H](c2ccc(OC(F)(F)F)cc2)N2CCNCC2)c(OC)cc1Br. The molecular weight excluding hydrogens is 453 g/mol. The zero-order chi connectivity index (χ0) is 21.0. The number of nitrogens with zero attached hydrogens (tertiary/aromatic N) is 1. The summed E-state index contributed by atoms with van der Waals surface area (Å²) in [5, 5.41) is 3.32. The summed E-state index contributed by atoms with van der Waals surface area (Å²) in [4.78, 5) is 2.27. The third kappa shape index (κ3) is 5.34. The maximum atomic E-state index is 12.5. The molecule has 0 bridgehead atoms. The lowest BCUT2D eigenvalue weighted by Crippen LogP contribution is -2.45. The van der Waals surface area contributed by atoms with Crippen LogP contribution in [0.15, 0.2) is 40.9 Å². The molecule has 0 unspecified atom stereocenters. The van der Waals surface area contributed by atoms with Crippen molar-refractivity contribution in [1.29, 1.82) is 0 Å². The number of nitrogens with one attached hydrogen (secondary N) is 1. The average Bonchev–Trinajstić information content (AvgIpc) is 2.70. The van der Waals surface area contributed by atoms with E-state index < -0.39 is 6.36 Å². The molecule has 1 fully saturated rings. The molecule has 1 aliphatic rings. The number of piperazine rings is 1. The Morgan fingerprint density at radius 2 is 1.62 bits per heavy atom. The molecular formula is C20H22BrF3N2O3. The number of benzene rings is 2. The van der Waals surface area contributed by atoms with Gasteiger partial charge in [-0.2, -0.15) is 0 Å². The highest BCUT2D eigenvalue weighted by Gasteiger charge is 2.32. The summed E-state index contributed by atoms with van der Waals surface area (Å²) in [5.74, 6) is 1.07. The minimum atomic E-state index is -4.72. The van der Waals surface area contributed by atoms with Crippen molar-refractivity contribution in [2.24, 2.45) is 0 Å². The van der Waals surface area contributed by atoms with Gasteiger partial charge in [-0.1, -0.05) is 12.1 Å². The molecule has 1 N–H and O–H groups in total. The first kappa shape index (κ1) is 21.7. The minimum absolute atomic E-state index is 0.214. The predicted octanol–water partition coefficient (Wildman–Crippen LogP) is 4.36. The zero-order valence-electron chi connectivity index (χ0n) is 16.1. The summed E-state index contributed by atoms with van der Waals surface area (Å²) in [6.45, 7) is 3.21. The monoisotopic (exact) mass is 474 g/mol. The van der Waals surface area contributed by atoms with Crippen LogP contribution in [0.5, 0.6) is 17.2 Å². The first-order chi connectivity index (χ1) is 13.8. The average molecular weight is 475 g/mol. The lowest BCUT2D eigenvalue weighted by atomic mass is 9.95. The molecule has 2 aromatic carbocycles. The molecule has 158 valence electrons. The second kappa shape index (κ2) is 9.23. The van der Waals surface area contributed by atoms with E-state index in [0.29, 0.717) is 11.5 Å². The summed E-state index contributed by atoms with van der Waals surface area (Å²) in [6.07, 6.45) is -4.72. The molecule has 0 radical (unpaired) electrons. The van der Waals surface area contributed by atoms with Gasteiger partial charge in [0.15, 0.2) is 0 Å². The lowest BCUT2D eigenvalue weighted by molar-refractivity contribution is -0.274. The molecule has 0 amide bonds. The second-order valence-electron chi connectivity index (χ2n) is 6.53. The topological polar surface area (TPSA) is 43.0 Å². The standard InChI is InChI=1S/C20H22BrF3N2O3/c1-27-17-12-16(21)18(28-2)11-15(17)19(26-9-7-25-8-10-26)13-3-5-14(6-4-13)29-20(22,23)24/h3-6,11-12,19,25H,7-10H2,1-2H3/t19-/m0/s1. The van der Waals surface area contributed by atoms with Gasteiger partial charge in [0, 0.05) is 31.7 Å². The fraction of sp³-hybridized carbons (Fsp3) is 0.400. The molecule has 1 heterocycles. The molecule has 0 spiro atoms. The molecule has 0 aromatic heterocycles. The molecule has 1 saturated heterocycles. The highest BCUT2D eigenvalue weighted by molar-refractivity contribution is 9.10. The van der Waals surface area contributed by atoms with Crippen molar-refractivity contribution in [3.63, 3.8) is 0 Å². The lowest BCUT2D eigenvalue weighted by Gasteiger charge is -2.36. The van der Waals surface area contributed by atoms with Crippen LogP contribution in [-0.2, 0) is 0 Å². The highest BCUT2D eigenvalue weighted by Crippen LogP contribution is 2.41. The van der Waals surface area contributed by atoms with Crippen molar-refractivity contribution >= 4 is 15.9 Å². The number of rotatable bonds is 6. The Kier molecular flexibility index (Phi) is 6.92. The number of alkyl halides is 3. The second-order valence-corrected chi connectivity index (χ2v) is 7.39. The van der Waals surface area contributed by atoms with Gasteiger partial charge in [0.05, 0.1) is 24.7 Å². The number of halogens is 4. The van der Waals surface area contributed by atoms with Crippen LogP contribution in [-0.4, -0.2) is 51.7 Å². The van der Waals surface area contributed by atoms with Crippen molar-refractivity contribution in [1.82, 2.24) is 10.2 Å². The van der Waals surface area contributed by atoms with Gasteiger partial charge >= 0.3 is 6.36 Å². The molecule has 0 aliphatic carbocycles. The van der Waals surface area contributed by atoms with Crippen LogP contribution < -0.4 is 19.5 Å². The molecule has 5 nitrogen and oxygen atoms in total. The summed E-state index contributed by atoms with van der Waals surface area (Å²) in [6, 6.07) is 9.50. The van der Waals surface area contributed by atoms with Gasteiger partial charge in [0.25, 0.3) is 0 Å². The van der Waals surface area contributed by atoms with E-state index in [-0.39, 0.29) is 11.8 Å². The first-order valence-corrected chi connectivity index (χ1v) is 9.83. The van der Waals surface area contributed by atoms with Gasteiger partial charge in [-0.25, -0.2) is 0 Å². The number of ether oxygens (including phenoxy) is 3. The maximum Gasteiger partial charge on any atom is 0.573 e. The quantitative estimate of drug-likeness (QED) is 0.673. The fourth-order valence-electron chi connectivity index (χ4n) is 3.48. The molecule has 1 aliphatic heterocycles. The van der Waals surface area contributed by atoms with E-state index >= 15 is 0 Å². The summed E-state index contributed by atoms with van der Waals surface area (Å²) in [5.41, 5.74) is 1.71. The van der Waals surface area contributed by atoms with E-state index in [1.807, 2.05) is 12.1 Å². The van der Waals surface area contributed by atoms with Gasteiger partial charge in [0.2, 0.25) is 0 Å². The van der Waals surface area contributed by atoms with Crippen LogP contribution in [0.2, 0.25) is 0 Å². The smallest absolute Gasteiger partial charge is 0.496 e. The Bertz CT molecular complexity index is 825. The summed E-state index contributed by atoms with van der Waals surface area (Å²) < 4.78 is 53.3. The van der Waals surface area contributed by atoms with Gasteiger partial charge in [0.1, 0.15) is 17.2 Å².